The summed E-state index contributed by atoms with van der Waals surface area (Å²) in [4.78, 5) is 7.78. The zero-order valence-corrected chi connectivity index (χ0v) is 8.95. The maximum Gasteiger partial charge on any atom is 0.115 e. The zero-order valence-electron chi connectivity index (χ0n) is 8.95. The molecular weight excluding hydrogens is 200 g/mol. The number of hydrogen-bond acceptors (Lipinski definition) is 3. The Morgan fingerprint density at radius 3 is 2.44 bits per heavy atom. The second-order valence-corrected chi connectivity index (χ2v) is 3.71. The van der Waals surface area contributed by atoms with Crippen LogP contribution in [0.1, 0.15) is 23.7 Å². The Labute approximate surface area is 94.8 Å². The molecule has 82 valence electrons. The van der Waals surface area contributed by atoms with Gasteiger partial charge >= 0.3 is 0 Å². The van der Waals surface area contributed by atoms with Crippen LogP contribution in [0, 0.1) is 0 Å². The maximum absolute atomic E-state index is 9.90. The molecule has 3 nitrogen and oxygen atoms in total. The van der Waals surface area contributed by atoms with Crippen LogP contribution in [0.3, 0.4) is 0 Å². The molecule has 1 atom stereocenters. The number of aliphatic hydroxyl groups is 1. The van der Waals surface area contributed by atoms with E-state index in [1.807, 2.05) is 18.2 Å². The molecule has 0 bridgehead atoms. The third-order valence-electron chi connectivity index (χ3n) is 2.51. The lowest BCUT2D eigenvalue weighted by Gasteiger charge is -2.09. The molecule has 2 rings (SSSR count). The van der Waals surface area contributed by atoms with Gasteiger partial charge in [-0.2, -0.15) is 0 Å². The fourth-order valence-corrected chi connectivity index (χ4v) is 1.60. The van der Waals surface area contributed by atoms with Crippen molar-refractivity contribution in [3.8, 4) is 0 Å². The molecule has 16 heavy (non-hydrogen) atoms. The largest absolute Gasteiger partial charge is 0.388 e. The van der Waals surface area contributed by atoms with E-state index in [4.69, 9.17) is 0 Å². The minimum absolute atomic E-state index is 0.485. The quantitative estimate of drug-likeness (QED) is 0.848. The first kappa shape index (κ1) is 10.8. The van der Waals surface area contributed by atoms with Crippen LogP contribution >= 0.6 is 0 Å². The average molecular weight is 214 g/mol. The molecule has 0 aliphatic rings. The molecule has 0 aliphatic heterocycles. The molecule has 0 saturated heterocycles. The Balaban J connectivity index is 1.92. The molecule has 0 amide bonds. The number of aliphatic hydroxyl groups excluding tert-OH is 1. The molecule has 0 spiro atoms. The number of benzene rings is 1. The van der Waals surface area contributed by atoms with Crippen LogP contribution in [0.15, 0.2) is 49.1 Å². The van der Waals surface area contributed by atoms with Crippen molar-refractivity contribution in [3.63, 3.8) is 0 Å². The standard InChI is InChI=1S/C13H14N2O/c16-13(12-8-14-10-15-9-12)7-6-11-4-2-1-3-5-11/h1-5,8-10,13,16H,6-7H2. The first-order chi connectivity index (χ1) is 7.86. The fourth-order valence-electron chi connectivity index (χ4n) is 1.60. The third-order valence-corrected chi connectivity index (χ3v) is 2.51. The summed E-state index contributed by atoms with van der Waals surface area (Å²) in [6.07, 6.45) is 5.84. The maximum atomic E-state index is 9.90. The van der Waals surface area contributed by atoms with E-state index in [0.29, 0.717) is 6.42 Å². The van der Waals surface area contributed by atoms with Gasteiger partial charge in [0.1, 0.15) is 6.33 Å². The Morgan fingerprint density at radius 2 is 1.75 bits per heavy atom. The van der Waals surface area contributed by atoms with E-state index >= 15 is 0 Å². The molecule has 1 aromatic carbocycles. The predicted molar refractivity (Wildman–Crippen MR) is 61.8 cm³/mol. The van der Waals surface area contributed by atoms with E-state index < -0.39 is 6.10 Å². The van der Waals surface area contributed by atoms with Gasteiger partial charge in [-0.1, -0.05) is 30.3 Å². The second kappa shape index (κ2) is 5.37. The van der Waals surface area contributed by atoms with Gasteiger partial charge in [0.05, 0.1) is 6.10 Å². The summed E-state index contributed by atoms with van der Waals surface area (Å²) in [7, 11) is 0. The summed E-state index contributed by atoms with van der Waals surface area (Å²) in [5, 5.41) is 9.90. The van der Waals surface area contributed by atoms with Gasteiger partial charge < -0.3 is 5.11 Å². The van der Waals surface area contributed by atoms with Gasteiger partial charge in [-0.3, -0.25) is 0 Å². The van der Waals surface area contributed by atoms with Crippen LogP contribution in [-0.4, -0.2) is 15.1 Å². The van der Waals surface area contributed by atoms with Gasteiger partial charge in [-0.05, 0) is 18.4 Å². The van der Waals surface area contributed by atoms with Crippen molar-refractivity contribution in [2.24, 2.45) is 0 Å². The lowest BCUT2D eigenvalue weighted by molar-refractivity contribution is 0.167. The number of aromatic nitrogens is 2. The highest BCUT2D eigenvalue weighted by Gasteiger charge is 2.07. The highest BCUT2D eigenvalue weighted by atomic mass is 16.3. The number of nitrogens with zero attached hydrogens (tertiary/aromatic N) is 2. The van der Waals surface area contributed by atoms with Crippen molar-refractivity contribution in [2.45, 2.75) is 18.9 Å². The number of aryl methyl sites for hydroxylation is 1. The van der Waals surface area contributed by atoms with E-state index in [1.165, 1.54) is 11.9 Å². The summed E-state index contributed by atoms with van der Waals surface area (Å²) in [6.45, 7) is 0. The summed E-state index contributed by atoms with van der Waals surface area (Å²) >= 11 is 0. The zero-order chi connectivity index (χ0) is 11.2. The van der Waals surface area contributed by atoms with Gasteiger partial charge in [-0.25, -0.2) is 9.97 Å². The molecule has 0 saturated carbocycles. The summed E-state index contributed by atoms with van der Waals surface area (Å²) in [5.74, 6) is 0. The number of hydrogen-bond donors (Lipinski definition) is 1. The van der Waals surface area contributed by atoms with Crippen LogP contribution in [0.25, 0.3) is 0 Å². The molecule has 0 fully saturated rings. The Morgan fingerprint density at radius 1 is 1.06 bits per heavy atom. The lowest BCUT2D eigenvalue weighted by atomic mass is 10.0. The summed E-state index contributed by atoms with van der Waals surface area (Å²) in [5.41, 5.74) is 2.01. The molecule has 0 radical (unpaired) electrons. The van der Waals surface area contributed by atoms with Gasteiger partial charge in [0.2, 0.25) is 0 Å². The van der Waals surface area contributed by atoms with Crippen molar-refractivity contribution >= 4 is 0 Å². The molecule has 0 aliphatic carbocycles. The Hall–Kier alpha value is -1.74. The molecular formula is C13H14N2O. The topological polar surface area (TPSA) is 46.0 Å². The Kier molecular flexibility index (Phi) is 3.62. The van der Waals surface area contributed by atoms with E-state index in [-0.39, 0.29) is 0 Å². The van der Waals surface area contributed by atoms with Gasteiger partial charge in [-0.15, -0.1) is 0 Å². The molecule has 1 heterocycles. The van der Waals surface area contributed by atoms with Crippen molar-refractivity contribution < 1.29 is 5.11 Å². The number of rotatable bonds is 4. The minimum atomic E-state index is -0.485. The molecule has 1 N–H and O–H groups in total. The highest BCUT2D eigenvalue weighted by Crippen LogP contribution is 2.16. The van der Waals surface area contributed by atoms with Crippen molar-refractivity contribution in [2.75, 3.05) is 0 Å². The van der Waals surface area contributed by atoms with E-state index in [2.05, 4.69) is 22.1 Å². The van der Waals surface area contributed by atoms with Gasteiger partial charge in [0.15, 0.2) is 0 Å². The first-order valence-corrected chi connectivity index (χ1v) is 5.33. The molecule has 3 heteroatoms. The van der Waals surface area contributed by atoms with Crippen LogP contribution < -0.4 is 0 Å². The second-order valence-electron chi connectivity index (χ2n) is 3.71. The fraction of sp³-hybridized carbons (Fsp3) is 0.231. The molecule has 1 unspecified atom stereocenters. The van der Waals surface area contributed by atoms with Gasteiger partial charge in [0.25, 0.3) is 0 Å². The first-order valence-electron chi connectivity index (χ1n) is 5.33. The molecule has 2 aromatic rings. The lowest BCUT2D eigenvalue weighted by Crippen LogP contribution is -2.00. The smallest absolute Gasteiger partial charge is 0.115 e. The van der Waals surface area contributed by atoms with E-state index in [9.17, 15) is 5.11 Å². The van der Waals surface area contributed by atoms with E-state index in [0.717, 1.165) is 12.0 Å². The Bertz CT molecular complexity index is 416. The van der Waals surface area contributed by atoms with Crippen LogP contribution in [0.4, 0.5) is 0 Å². The minimum Gasteiger partial charge on any atom is -0.388 e. The summed E-state index contributed by atoms with van der Waals surface area (Å²) in [6, 6.07) is 10.1. The third kappa shape index (κ3) is 2.87. The van der Waals surface area contributed by atoms with Crippen molar-refractivity contribution in [1.82, 2.24) is 9.97 Å². The van der Waals surface area contributed by atoms with Gasteiger partial charge in [0, 0.05) is 18.0 Å². The molecule has 1 aromatic heterocycles. The monoisotopic (exact) mass is 214 g/mol. The highest BCUT2D eigenvalue weighted by molar-refractivity contribution is 5.15. The van der Waals surface area contributed by atoms with Crippen molar-refractivity contribution in [1.29, 1.82) is 0 Å². The van der Waals surface area contributed by atoms with Crippen LogP contribution in [0.2, 0.25) is 0 Å². The normalized spacial score (nSPS) is 12.3. The van der Waals surface area contributed by atoms with Crippen LogP contribution in [0.5, 0.6) is 0 Å². The van der Waals surface area contributed by atoms with Crippen LogP contribution in [-0.2, 0) is 6.42 Å². The average Bonchev–Trinajstić information content (AvgIpc) is 2.38. The predicted octanol–water partition coefficient (Wildman–Crippen LogP) is 2.14. The van der Waals surface area contributed by atoms with Crippen molar-refractivity contribution in [3.05, 3.63) is 60.2 Å². The SMILES string of the molecule is OC(CCc1ccccc1)c1cncnc1. The summed E-state index contributed by atoms with van der Waals surface area (Å²) < 4.78 is 0. The van der Waals surface area contributed by atoms with E-state index in [1.54, 1.807) is 12.4 Å².